The zero-order valence-corrected chi connectivity index (χ0v) is 15.1. The minimum atomic E-state index is -0.0429. The maximum atomic E-state index is 12.7. The van der Waals surface area contributed by atoms with E-state index in [9.17, 15) is 4.79 Å². The Kier molecular flexibility index (Phi) is 5.69. The van der Waals surface area contributed by atoms with Crippen LogP contribution in [0.15, 0.2) is 6.07 Å². The van der Waals surface area contributed by atoms with E-state index in [-0.39, 0.29) is 5.91 Å². The van der Waals surface area contributed by atoms with Crippen LogP contribution in [0.5, 0.6) is 0 Å². The molecule has 0 bridgehead atoms. The van der Waals surface area contributed by atoms with Gasteiger partial charge in [-0.15, -0.1) is 0 Å². The lowest BCUT2D eigenvalue weighted by atomic mass is 10.0. The molecule has 1 atom stereocenters. The fraction of sp³-hybridized carbons (Fsp3) is 0.737. The van der Waals surface area contributed by atoms with Crippen LogP contribution in [-0.2, 0) is 0 Å². The minimum absolute atomic E-state index is 0.0429. The van der Waals surface area contributed by atoms with Crippen molar-refractivity contribution >= 4 is 11.7 Å². The molecule has 1 N–H and O–H groups in total. The van der Waals surface area contributed by atoms with Crippen LogP contribution in [0, 0.1) is 12.8 Å². The van der Waals surface area contributed by atoms with Crippen molar-refractivity contribution in [1.82, 2.24) is 15.3 Å². The fourth-order valence-corrected chi connectivity index (χ4v) is 3.91. The van der Waals surface area contributed by atoms with Gasteiger partial charge in [0, 0.05) is 25.2 Å². The average molecular weight is 330 g/mol. The topological polar surface area (TPSA) is 58.1 Å². The van der Waals surface area contributed by atoms with Crippen molar-refractivity contribution in [2.24, 2.45) is 5.92 Å². The van der Waals surface area contributed by atoms with Gasteiger partial charge in [0.05, 0.1) is 0 Å². The molecule has 5 nitrogen and oxygen atoms in total. The normalized spacial score (nSPS) is 22.9. The molecule has 1 aromatic rings. The number of amides is 1. The van der Waals surface area contributed by atoms with E-state index >= 15 is 0 Å². The molecule has 2 heterocycles. The van der Waals surface area contributed by atoms with Gasteiger partial charge in [0.2, 0.25) is 0 Å². The Hall–Kier alpha value is -1.65. The second-order valence-electron chi connectivity index (χ2n) is 7.51. The number of aryl methyl sites for hydroxylation is 1. The molecule has 3 rings (SSSR count). The van der Waals surface area contributed by atoms with Crippen LogP contribution < -0.4 is 10.2 Å². The summed E-state index contributed by atoms with van der Waals surface area (Å²) in [6.07, 6.45) is 9.64. The molecule has 1 aliphatic carbocycles. The predicted octanol–water partition coefficient (Wildman–Crippen LogP) is 3.47. The number of hydrogen-bond donors (Lipinski definition) is 1. The average Bonchev–Trinajstić information content (AvgIpc) is 2.83. The number of piperidine rings is 1. The summed E-state index contributed by atoms with van der Waals surface area (Å²) in [6, 6.07) is 2.17. The van der Waals surface area contributed by atoms with Gasteiger partial charge < -0.3 is 10.2 Å². The highest BCUT2D eigenvalue weighted by molar-refractivity contribution is 5.93. The molecular weight excluding hydrogens is 300 g/mol. The number of aromatic nitrogens is 2. The molecule has 1 saturated heterocycles. The van der Waals surface area contributed by atoms with Crippen LogP contribution in [0.1, 0.15) is 74.6 Å². The van der Waals surface area contributed by atoms with Crippen LogP contribution in [0.2, 0.25) is 0 Å². The quantitative estimate of drug-likeness (QED) is 0.862. The molecule has 0 radical (unpaired) electrons. The van der Waals surface area contributed by atoms with Gasteiger partial charge in [-0.05, 0) is 38.5 Å². The highest BCUT2D eigenvalue weighted by Gasteiger charge is 2.21. The van der Waals surface area contributed by atoms with E-state index in [0.29, 0.717) is 23.5 Å². The fourth-order valence-electron chi connectivity index (χ4n) is 3.91. The lowest BCUT2D eigenvalue weighted by Crippen LogP contribution is -2.37. The highest BCUT2D eigenvalue weighted by atomic mass is 16.1. The molecule has 5 heteroatoms. The number of anilines is 1. The van der Waals surface area contributed by atoms with E-state index in [2.05, 4.69) is 27.1 Å². The summed E-state index contributed by atoms with van der Waals surface area (Å²) in [5.74, 6) is 2.22. The number of carbonyl (C=O) groups excluding carboxylic acids is 1. The molecule has 0 aromatic carbocycles. The monoisotopic (exact) mass is 330 g/mol. The first kappa shape index (κ1) is 17.2. The summed E-state index contributed by atoms with van der Waals surface area (Å²) in [6.45, 7) is 6.18. The maximum absolute atomic E-state index is 12.7. The number of hydrogen-bond acceptors (Lipinski definition) is 4. The molecule has 2 aliphatic rings. The Balaban J connectivity index is 1.71. The van der Waals surface area contributed by atoms with Gasteiger partial charge in [0.15, 0.2) is 0 Å². The van der Waals surface area contributed by atoms with Crippen molar-refractivity contribution in [3.05, 3.63) is 17.6 Å². The number of nitrogens with one attached hydrogen (secondary N) is 1. The van der Waals surface area contributed by atoms with Crippen LogP contribution in [0.4, 0.5) is 5.82 Å². The van der Waals surface area contributed by atoms with Gasteiger partial charge in [-0.3, -0.25) is 4.79 Å². The molecule has 0 spiro atoms. The Bertz CT molecular complexity index is 566. The summed E-state index contributed by atoms with van der Waals surface area (Å²) < 4.78 is 0. The Labute approximate surface area is 145 Å². The van der Waals surface area contributed by atoms with Gasteiger partial charge >= 0.3 is 0 Å². The van der Waals surface area contributed by atoms with Crippen molar-refractivity contribution in [3.8, 4) is 0 Å². The Morgan fingerprint density at radius 3 is 2.58 bits per heavy atom. The Morgan fingerprint density at radius 1 is 1.12 bits per heavy atom. The van der Waals surface area contributed by atoms with Gasteiger partial charge in [-0.25, -0.2) is 9.97 Å². The van der Waals surface area contributed by atoms with Gasteiger partial charge in [0.25, 0.3) is 5.91 Å². The van der Waals surface area contributed by atoms with E-state index < -0.39 is 0 Å². The van der Waals surface area contributed by atoms with E-state index in [0.717, 1.165) is 31.7 Å². The lowest BCUT2D eigenvalue weighted by molar-refractivity contribution is 0.0928. The first-order valence-corrected chi connectivity index (χ1v) is 9.53. The zero-order valence-electron chi connectivity index (χ0n) is 15.1. The standard InChI is InChI=1S/C19H30N4O/c1-14-8-7-11-23(13-14)18-12-17(20-15(2)21-18)19(24)22-16-9-5-3-4-6-10-16/h12,14,16H,3-11,13H2,1-2H3,(H,22,24). The first-order valence-electron chi connectivity index (χ1n) is 9.53. The molecule has 24 heavy (non-hydrogen) atoms. The largest absolute Gasteiger partial charge is 0.356 e. The van der Waals surface area contributed by atoms with E-state index in [1.807, 2.05) is 13.0 Å². The molecule has 1 unspecified atom stereocenters. The Morgan fingerprint density at radius 2 is 1.88 bits per heavy atom. The van der Waals surface area contributed by atoms with Crippen molar-refractivity contribution in [3.63, 3.8) is 0 Å². The predicted molar refractivity (Wildman–Crippen MR) is 96.3 cm³/mol. The molecule has 1 aliphatic heterocycles. The van der Waals surface area contributed by atoms with Crippen LogP contribution >= 0.6 is 0 Å². The lowest BCUT2D eigenvalue weighted by Gasteiger charge is -2.32. The summed E-state index contributed by atoms with van der Waals surface area (Å²) in [4.78, 5) is 23.9. The maximum Gasteiger partial charge on any atom is 0.270 e. The third-order valence-corrected chi connectivity index (χ3v) is 5.23. The third kappa shape index (κ3) is 4.46. The second kappa shape index (κ2) is 7.95. The van der Waals surface area contributed by atoms with E-state index in [1.165, 1.54) is 38.5 Å². The van der Waals surface area contributed by atoms with Crippen LogP contribution in [-0.4, -0.2) is 35.0 Å². The molecule has 1 aromatic heterocycles. The smallest absolute Gasteiger partial charge is 0.270 e. The van der Waals surface area contributed by atoms with Gasteiger partial charge in [0.1, 0.15) is 17.3 Å². The number of nitrogens with zero attached hydrogens (tertiary/aromatic N) is 3. The molecule has 132 valence electrons. The summed E-state index contributed by atoms with van der Waals surface area (Å²) >= 11 is 0. The van der Waals surface area contributed by atoms with Crippen molar-refractivity contribution in [2.75, 3.05) is 18.0 Å². The summed E-state index contributed by atoms with van der Waals surface area (Å²) in [7, 11) is 0. The minimum Gasteiger partial charge on any atom is -0.356 e. The summed E-state index contributed by atoms with van der Waals surface area (Å²) in [5, 5.41) is 3.19. The zero-order chi connectivity index (χ0) is 16.9. The number of carbonyl (C=O) groups is 1. The van der Waals surface area contributed by atoms with Crippen molar-refractivity contribution < 1.29 is 4.79 Å². The molecule has 1 saturated carbocycles. The number of rotatable bonds is 3. The van der Waals surface area contributed by atoms with Gasteiger partial charge in [-0.1, -0.05) is 32.6 Å². The SMILES string of the molecule is Cc1nc(C(=O)NC2CCCCCC2)cc(N2CCCC(C)C2)n1. The third-order valence-electron chi connectivity index (χ3n) is 5.23. The van der Waals surface area contributed by atoms with Crippen molar-refractivity contribution in [1.29, 1.82) is 0 Å². The second-order valence-corrected chi connectivity index (χ2v) is 7.51. The highest BCUT2D eigenvalue weighted by Crippen LogP contribution is 2.22. The van der Waals surface area contributed by atoms with E-state index in [1.54, 1.807) is 0 Å². The molecular formula is C19H30N4O. The first-order chi connectivity index (χ1) is 11.6. The van der Waals surface area contributed by atoms with Gasteiger partial charge in [-0.2, -0.15) is 0 Å². The van der Waals surface area contributed by atoms with Crippen LogP contribution in [0.3, 0.4) is 0 Å². The van der Waals surface area contributed by atoms with Crippen molar-refractivity contribution in [2.45, 2.75) is 71.3 Å². The van der Waals surface area contributed by atoms with Crippen LogP contribution in [0.25, 0.3) is 0 Å². The van der Waals surface area contributed by atoms with E-state index in [4.69, 9.17) is 0 Å². The molecule has 1 amide bonds. The molecule has 2 fully saturated rings. The summed E-state index contributed by atoms with van der Waals surface area (Å²) in [5.41, 5.74) is 0.514.